The lowest BCUT2D eigenvalue weighted by atomic mass is 10.1. The third-order valence-electron chi connectivity index (χ3n) is 5.19. The van der Waals surface area contributed by atoms with E-state index in [0.29, 0.717) is 5.69 Å². The molecule has 3 rings (SSSR count). The summed E-state index contributed by atoms with van der Waals surface area (Å²) in [7, 11) is -0.702. The Morgan fingerprint density at radius 3 is 2.30 bits per heavy atom. The number of amides is 1. The predicted octanol–water partition coefficient (Wildman–Crippen LogP) is 3.82. The molecule has 2 unspecified atom stereocenters. The zero-order valence-corrected chi connectivity index (χ0v) is 19.5. The Morgan fingerprint density at radius 1 is 1.09 bits per heavy atom. The summed E-state index contributed by atoms with van der Waals surface area (Å²) in [6, 6.07) is 8.81. The highest BCUT2D eigenvalue weighted by Gasteiger charge is 2.35. The molecule has 0 saturated carbocycles. The van der Waals surface area contributed by atoms with Crippen molar-refractivity contribution in [2.24, 2.45) is 0 Å². The van der Waals surface area contributed by atoms with Crippen LogP contribution < -0.4 is 10.2 Å². The summed E-state index contributed by atoms with van der Waals surface area (Å²) in [5.41, 5.74) is -1.16. The van der Waals surface area contributed by atoms with Gasteiger partial charge in [0.25, 0.3) is 5.91 Å². The minimum atomic E-state index is -4.69. The van der Waals surface area contributed by atoms with Gasteiger partial charge in [-0.1, -0.05) is 6.07 Å². The molecule has 0 bridgehead atoms. The first-order valence-electron chi connectivity index (χ1n) is 10.2. The van der Waals surface area contributed by atoms with E-state index in [2.05, 4.69) is 5.32 Å². The van der Waals surface area contributed by atoms with Crippen molar-refractivity contribution in [1.82, 2.24) is 4.31 Å². The SMILES string of the molecule is CC1CN(S(=O)(=O)c2cccc(C(=O)Nc3ccc(N(C)C)cc3C(F)(F)F)c2)CC(C)O1. The Balaban J connectivity index is 1.89. The number of benzene rings is 2. The van der Waals surface area contributed by atoms with Crippen molar-refractivity contribution in [3.05, 3.63) is 53.6 Å². The number of halogens is 3. The molecular weight excluding hydrogens is 459 g/mol. The summed E-state index contributed by atoms with van der Waals surface area (Å²) >= 11 is 0. The summed E-state index contributed by atoms with van der Waals surface area (Å²) in [5.74, 6) is -0.848. The van der Waals surface area contributed by atoms with E-state index >= 15 is 0 Å². The van der Waals surface area contributed by atoms with Gasteiger partial charge in [-0.15, -0.1) is 0 Å². The van der Waals surface area contributed by atoms with E-state index in [1.54, 1.807) is 27.9 Å². The van der Waals surface area contributed by atoms with Crippen molar-refractivity contribution in [3.63, 3.8) is 0 Å². The van der Waals surface area contributed by atoms with Crippen LogP contribution in [-0.2, 0) is 20.9 Å². The Kier molecular flexibility index (Phi) is 7.06. The number of sulfonamides is 1. The molecule has 1 heterocycles. The van der Waals surface area contributed by atoms with E-state index in [4.69, 9.17) is 4.74 Å². The number of rotatable bonds is 5. The number of carbonyl (C=O) groups excluding carboxylic acids is 1. The Labute approximate surface area is 191 Å². The Morgan fingerprint density at radius 2 is 1.73 bits per heavy atom. The second-order valence-electron chi connectivity index (χ2n) is 8.18. The number of nitrogens with zero attached hydrogens (tertiary/aromatic N) is 2. The molecule has 2 aromatic rings. The summed E-state index contributed by atoms with van der Waals surface area (Å²) in [6.45, 7) is 3.86. The molecule has 11 heteroatoms. The number of hydrogen-bond acceptors (Lipinski definition) is 5. The lowest BCUT2D eigenvalue weighted by Crippen LogP contribution is -2.48. The van der Waals surface area contributed by atoms with E-state index in [-0.39, 0.29) is 35.8 Å². The first-order chi connectivity index (χ1) is 15.3. The number of alkyl halides is 3. The van der Waals surface area contributed by atoms with Crippen LogP contribution in [0, 0.1) is 0 Å². The molecule has 0 aromatic heterocycles. The van der Waals surface area contributed by atoms with E-state index < -0.39 is 33.4 Å². The average molecular weight is 486 g/mol. The minimum absolute atomic E-state index is 0.0739. The molecule has 1 aliphatic rings. The van der Waals surface area contributed by atoms with Gasteiger partial charge < -0.3 is 15.0 Å². The molecule has 1 amide bonds. The molecule has 0 radical (unpaired) electrons. The van der Waals surface area contributed by atoms with Crippen molar-refractivity contribution < 1.29 is 31.1 Å². The molecule has 2 atom stereocenters. The van der Waals surface area contributed by atoms with Gasteiger partial charge in [0.15, 0.2) is 0 Å². The monoisotopic (exact) mass is 485 g/mol. The molecule has 0 spiro atoms. The maximum Gasteiger partial charge on any atom is 0.418 e. The molecule has 7 nitrogen and oxygen atoms in total. The number of morpholine rings is 1. The van der Waals surface area contributed by atoms with Crippen molar-refractivity contribution in [1.29, 1.82) is 0 Å². The van der Waals surface area contributed by atoms with Crippen molar-refractivity contribution in [3.8, 4) is 0 Å². The molecule has 1 aliphatic heterocycles. The topological polar surface area (TPSA) is 79.0 Å². The van der Waals surface area contributed by atoms with Crippen LogP contribution in [0.1, 0.15) is 29.8 Å². The maximum atomic E-state index is 13.6. The van der Waals surface area contributed by atoms with Crippen LogP contribution in [0.3, 0.4) is 0 Å². The van der Waals surface area contributed by atoms with E-state index in [9.17, 15) is 26.4 Å². The predicted molar refractivity (Wildman–Crippen MR) is 119 cm³/mol. The Bertz CT molecular complexity index is 1130. The van der Waals surface area contributed by atoms with Gasteiger partial charge in [-0.3, -0.25) is 4.79 Å². The summed E-state index contributed by atoms with van der Waals surface area (Å²) in [6.07, 6.45) is -5.27. The second-order valence-corrected chi connectivity index (χ2v) is 10.1. The third kappa shape index (κ3) is 5.66. The van der Waals surface area contributed by atoms with E-state index in [1.165, 1.54) is 39.5 Å². The summed E-state index contributed by atoms with van der Waals surface area (Å²) < 4.78 is 73.7. The van der Waals surface area contributed by atoms with Crippen LogP contribution >= 0.6 is 0 Å². The molecule has 180 valence electrons. The van der Waals surface area contributed by atoms with Crippen molar-refractivity contribution in [2.75, 3.05) is 37.4 Å². The average Bonchev–Trinajstić information content (AvgIpc) is 2.72. The van der Waals surface area contributed by atoms with Crippen LogP contribution in [0.2, 0.25) is 0 Å². The van der Waals surface area contributed by atoms with Crippen LogP contribution in [-0.4, -0.2) is 58.0 Å². The van der Waals surface area contributed by atoms with Gasteiger partial charge in [0, 0.05) is 38.4 Å². The van der Waals surface area contributed by atoms with Gasteiger partial charge in [-0.25, -0.2) is 8.42 Å². The molecule has 33 heavy (non-hydrogen) atoms. The lowest BCUT2D eigenvalue weighted by Gasteiger charge is -2.34. The molecule has 2 aromatic carbocycles. The number of anilines is 2. The summed E-state index contributed by atoms with van der Waals surface area (Å²) in [4.78, 5) is 14.2. The normalized spacial score (nSPS) is 19.8. The number of carbonyl (C=O) groups is 1. The van der Waals surface area contributed by atoms with Gasteiger partial charge in [0.2, 0.25) is 10.0 Å². The standard InChI is InChI=1S/C22H26F3N3O4S/c1-14-12-28(13-15(2)32-14)33(30,31)18-7-5-6-16(10-18)21(29)26-20-9-8-17(27(3)4)11-19(20)22(23,24)25/h5-11,14-15H,12-13H2,1-4H3,(H,26,29). The highest BCUT2D eigenvalue weighted by Crippen LogP contribution is 2.37. The van der Waals surface area contributed by atoms with Crippen LogP contribution in [0.15, 0.2) is 47.4 Å². The lowest BCUT2D eigenvalue weighted by molar-refractivity contribution is -0.136. The number of hydrogen-bond donors (Lipinski definition) is 1. The Hall–Kier alpha value is -2.63. The zero-order chi connectivity index (χ0) is 24.6. The van der Waals surface area contributed by atoms with Crippen LogP contribution in [0.5, 0.6) is 0 Å². The summed E-state index contributed by atoms with van der Waals surface area (Å²) in [5, 5.41) is 2.27. The maximum absolute atomic E-state index is 13.6. The van der Waals surface area contributed by atoms with Gasteiger partial charge >= 0.3 is 6.18 Å². The number of ether oxygens (including phenoxy) is 1. The van der Waals surface area contributed by atoms with E-state index in [1.807, 2.05) is 0 Å². The molecule has 1 saturated heterocycles. The molecule has 0 aliphatic carbocycles. The van der Waals surface area contributed by atoms with Gasteiger partial charge in [0.1, 0.15) is 0 Å². The van der Waals surface area contributed by atoms with Gasteiger partial charge in [-0.2, -0.15) is 17.5 Å². The minimum Gasteiger partial charge on any atom is -0.378 e. The quantitative estimate of drug-likeness (QED) is 0.697. The fraction of sp³-hybridized carbons (Fsp3) is 0.409. The second kappa shape index (κ2) is 9.32. The number of nitrogens with one attached hydrogen (secondary N) is 1. The van der Waals surface area contributed by atoms with Crippen LogP contribution in [0.25, 0.3) is 0 Å². The van der Waals surface area contributed by atoms with Gasteiger partial charge in [0.05, 0.1) is 28.4 Å². The highest BCUT2D eigenvalue weighted by atomic mass is 32.2. The first kappa shape index (κ1) is 25.0. The fourth-order valence-electron chi connectivity index (χ4n) is 3.62. The van der Waals surface area contributed by atoms with Crippen molar-refractivity contribution in [2.45, 2.75) is 37.1 Å². The third-order valence-corrected chi connectivity index (χ3v) is 7.02. The smallest absolute Gasteiger partial charge is 0.378 e. The fourth-order valence-corrected chi connectivity index (χ4v) is 5.26. The van der Waals surface area contributed by atoms with Crippen molar-refractivity contribution >= 4 is 27.3 Å². The highest BCUT2D eigenvalue weighted by molar-refractivity contribution is 7.89. The largest absolute Gasteiger partial charge is 0.418 e. The molecular formula is C22H26F3N3O4S. The first-order valence-corrected chi connectivity index (χ1v) is 11.7. The molecule has 1 N–H and O–H groups in total. The van der Waals surface area contributed by atoms with Crippen LogP contribution in [0.4, 0.5) is 24.5 Å². The van der Waals surface area contributed by atoms with Gasteiger partial charge in [-0.05, 0) is 50.2 Å². The molecule has 1 fully saturated rings. The van der Waals surface area contributed by atoms with E-state index in [0.717, 1.165) is 12.1 Å². The zero-order valence-electron chi connectivity index (χ0n) is 18.7.